The second-order valence-electron chi connectivity index (χ2n) is 5.47. The molecule has 2 aliphatic carbocycles. The summed E-state index contributed by atoms with van der Waals surface area (Å²) < 4.78 is 7.85. The van der Waals surface area contributed by atoms with Gasteiger partial charge in [-0.05, 0) is 0 Å². The maximum Gasteiger partial charge on any atom is -1.00 e. The number of halogens is 2. The Kier molecular flexibility index (Phi) is 10.2. The molecule has 115 valence electrons. The molecule has 0 radical (unpaired) electrons. The maximum absolute atomic E-state index is 6.35. The summed E-state index contributed by atoms with van der Waals surface area (Å²) in [6, 6.07) is 0. The molecular weight excluding hydrogens is 339 g/mol. The van der Waals surface area contributed by atoms with Crippen molar-refractivity contribution < 1.29 is 50.0 Å². The third-order valence-electron chi connectivity index (χ3n) is 4.03. The predicted molar refractivity (Wildman–Crippen MR) is 76.5 cm³/mol. The molecule has 1 unspecified atom stereocenters. The van der Waals surface area contributed by atoms with Gasteiger partial charge in [-0.1, -0.05) is 0 Å². The van der Waals surface area contributed by atoms with Crippen molar-refractivity contribution in [2.45, 2.75) is 51.6 Å². The topological polar surface area (TPSA) is 9.23 Å². The van der Waals surface area contributed by atoms with Crippen LogP contribution >= 0.6 is 0 Å². The van der Waals surface area contributed by atoms with Crippen LogP contribution in [0, 0.1) is 0 Å². The Hall–Kier alpha value is 0.214. The average molecular weight is 362 g/mol. The molecule has 0 aliphatic heterocycles. The summed E-state index contributed by atoms with van der Waals surface area (Å²) in [5, 5.41) is 0. The number of rotatable bonds is 6. The van der Waals surface area contributed by atoms with Crippen LogP contribution in [-0.2, 0) is 25.2 Å². The van der Waals surface area contributed by atoms with E-state index >= 15 is 0 Å². The van der Waals surface area contributed by atoms with Crippen LogP contribution in [0.1, 0.15) is 46.0 Å². The van der Waals surface area contributed by atoms with Gasteiger partial charge in [0, 0.05) is 0 Å². The van der Waals surface area contributed by atoms with Gasteiger partial charge < -0.3 is 24.8 Å². The molecular formula is C17H23Cl2OTi. The van der Waals surface area contributed by atoms with E-state index in [0.29, 0.717) is 0 Å². The molecule has 0 aromatic rings. The summed E-state index contributed by atoms with van der Waals surface area (Å²) in [6.07, 6.45) is 16.6. The minimum absolute atomic E-state index is 0. The molecule has 0 fully saturated rings. The Morgan fingerprint density at radius 1 is 1.29 bits per heavy atom. The first-order valence-corrected chi connectivity index (χ1v) is 8.04. The molecule has 0 spiro atoms. The van der Waals surface area contributed by atoms with Gasteiger partial charge in [0.15, 0.2) is 0 Å². The van der Waals surface area contributed by atoms with Gasteiger partial charge in [-0.3, -0.25) is 0 Å². The normalized spacial score (nSPS) is 23.7. The van der Waals surface area contributed by atoms with E-state index < -0.39 is 0 Å². The van der Waals surface area contributed by atoms with Crippen LogP contribution in [0.5, 0.6) is 0 Å². The van der Waals surface area contributed by atoms with Crippen LogP contribution in [0.15, 0.2) is 45.4 Å². The Balaban J connectivity index is 0.00000200. The Morgan fingerprint density at radius 3 is 2.62 bits per heavy atom. The van der Waals surface area contributed by atoms with Crippen molar-refractivity contribution >= 4 is 0 Å². The van der Waals surface area contributed by atoms with Crippen molar-refractivity contribution in [3.8, 4) is 0 Å². The first kappa shape index (κ1) is 21.2. The fraction of sp³-hybridized carbons (Fsp3) is 0.529. The van der Waals surface area contributed by atoms with E-state index in [4.69, 9.17) is 4.74 Å². The fourth-order valence-electron chi connectivity index (χ4n) is 2.65. The first-order valence-electron chi connectivity index (χ1n) is 7.26. The van der Waals surface area contributed by atoms with Crippen molar-refractivity contribution in [1.29, 1.82) is 0 Å². The molecule has 0 N–H and O–H groups in total. The van der Waals surface area contributed by atoms with Gasteiger partial charge in [-0.15, -0.1) is 0 Å². The maximum atomic E-state index is 6.35. The van der Waals surface area contributed by atoms with Gasteiger partial charge in [0.2, 0.25) is 0 Å². The molecule has 0 aromatic carbocycles. The smallest absolute Gasteiger partial charge is 1.00 e. The largest absolute Gasteiger partial charge is 1.00 e. The molecule has 0 bridgehead atoms. The molecule has 1 nitrogen and oxygen atoms in total. The van der Waals surface area contributed by atoms with E-state index in [1.165, 1.54) is 21.4 Å². The second-order valence-corrected chi connectivity index (χ2v) is 6.41. The van der Waals surface area contributed by atoms with Crippen LogP contribution < -0.4 is 24.8 Å². The van der Waals surface area contributed by atoms with Gasteiger partial charge in [0.25, 0.3) is 0 Å². The predicted octanol–water partition coefficient (Wildman–Crippen LogP) is -1.39. The summed E-state index contributed by atoms with van der Waals surface area (Å²) in [6.45, 7) is 5.29. The van der Waals surface area contributed by atoms with E-state index in [1.54, 1.807) is 0 Å². The summed E-state index contributed by atoms with van der Waals surface area (Å²) in [4.78, 5) is 0. The number of hydrogen-bond acceptors (Lipinski definition) is 1. The zero-order valence-corrected chi connectivity index (χ0v) is 15.9. The van der Waals surface area contributed by atoms with Gasteiger partial charge in [-0.25, -0.2) is 0 Å². The van der Waals surface area contributed by atoms with E-state index in [0.717, 1.165) is 32.3 Å². The quantitative estimate of drug-likeness (QED) is 0.418. The molecule has 21 heavy (non-hydrogen) atoms. The van der Waals surface area contributed by atoms with Crippen molar-refractivity contribution in [3.63, 3.8) is 0 Å². The van der Waals surface area contributed by atoms with Crippen molar-refractivity contribution in [1.82, 2.24) is 0 Å². The van der Waals surface area contributed by atoms with Gasteiger partial charge >= 0.3 is 129 Å². The Bertz CT molecular complexity index is 452. The van der Waals surface area contributed by atoms with Gasteiger partial charge in [0.05, 0.1) is 0 Å². The first-order chi connectivity index (χ1) is 9.18. The van der Waals surface area contributed by atoms with E-state index in [9.17, 15) is 0 Å². The second kappa shape index (κ2) is 10.1. The zero-order valence-electron chi connectivity index (χ0n) is 12.8. The van der Waals surface area contributed by atoms with Gasteiger partial charge in [0.1, 0.15) is 0 Å². The molecule has 0 saturated carbocycles. The summed E-state index contributed by atoms with van der Waals surface area (Å²) in [7, 11) is 0. The zero-order chi connectivity index (χ0) is 13.7. The average Bonchev–Trinajstić information content (AvgIpc) is 2.79. The number of unbranched alkanes of at least 4 members (excludes halogenated alkanes) is 1. The summed E-state index contributed by atoms with van der Waals surface area (Å²) >= 11 is 2.24. The van der Waals surface area contributed by atoms with Crippen molar-refractivity contribution in [2.75, 3.05) is 6.61 Å². The Morgan fingerprint density at radius 2 is 2.05 bits per heavy atom. The minimum Gasteiger partial charge on any atom is -1.00 e. The molecule has 0 heterocycles. The third kappa shape index (κ3) is 5.41. The van der Waals surface area contributed by atoms with E-state index in [2.05, 4.69) is 64.7 Å². The molecule has 0 amide bonds. The molecule has 0 aromatic heterocycles. The number of allylic oxidation sites excluding steroid dienone is 5. The molecule has 2 rings (SSSR count). The standard InChI is InChI=1S/C17H23O.2ClH.Ti/c1-3-4-13-18-17(12-8-7-9-15(17)2)14-16-10-5-6-11-16;;;/h5,7-10H,3-4,6,12-14H2,1-2H3;2*1H;/q;;;+2/p-2. The Labute approximate surface area is 153 Å². The monoisotopic (exact) mass is 361 g/mol. The number of ether oxygens (including phenoxy) is 1. The van der Waals surface area contributed by atoms with Crippen LogP contribution in [0.3, 0.4) is 0 Å². The summed E-state index contributed by atoms with van der Waals surface area (Å²) in [5.41, 5.74) is 2.74. The van der Waals surface area contributed by atoms with Crippen LogP contribution in [0.2, 0.25) is 0 Å². The van der Waals surface area contributed by atoms with Crippen LogP contribution in [-0.4, -0.2) is 12.2 Å². The van der Waals surface area contributed by atoms with Crippen LogP contribution in [0.4, 0.5) is 0 Å². The molecule has 0 saturated heterocycles. The van der Waals surface area contributed by atoms with Gasteiger partial charge in [-0.2, -0.15) is 0 Å². The SMILES string of the molecule is CCCCOC1(CC2=[C]([Ti+2])CC=C2)CC=CC=C1C.[Cl-].[Cl-]. The molecule has 2 aliphatic rings. The molecule has 1 atom stereocenters. The van der Waals surface area contributed by atoms with Crippen molar-refractivity contribution in [3.05, 3.63) is 45.4 Å². The molecule has 4 heteroatoms. The minimum atomic E-state index is -0.102. The van der Waals surface area contributed by atoms with E-state index in [-0.39, 0.29) is 30.4 Å². The van der Waals surface area contributed by atoms with Crippen molar-refractivity contribution in [2.24, 2.45) is 0 Å². The summed E-state index contributed by atoms with van der Waals surface area (Å²) in [5.74, 6) is 0. The van der Waals surface area contributed by atoms with E-state index in [1.807, 2.05) is 0 Å². The third-order valence-corrected chi connectivity index (χ3v) is 4.85. The number of hydrogen-bond donors (Lipinski definition) is 0. The van der Waals surface area contributed by atoms with Crippen LogP contribution in [0.25, 0.3) is 0 Å². The fourth-order valence-corrected chi connectivity index (χ4v) is 3.11.